The van der Waals surface area contributed by atoms with E-state index >= 15 is 0 Å². The summed E-state index contributed by atoms with van der Waals surface area (Å²) in [4.78, 5) is 4.32. The summed E-state index contributed by atoms with van der Waals surface area (Å²) in [6, 6.07) is 23.0. The van der Waals surface area contributed by atoms with Crippen LogP contribution in [0.4, 0.5) is 5.82 Å². The van der Waals surface area contributed by atoms with E-state index in [2.05, 4.69) is 80.3 Å². The van der Waals surface area contributed by atoms with Gasteiger partial charge in [0.15, 0.2) is 0 Å². The lowest BCUT2D eigenvalue weighted by Crippen LogP contribution is -2.62. The number of fused-ring (bicyclic) bond motifs is 4. The van der Waals surface area contributed by atoms with Crippen LogP contribution in [0.15, 0.2) is 66.7 Å². The maximum absolute atomic E-state index is 11.3. The molecule has 2 aromatic carbocycles. The number of pyridine rings is 1. The van der Waals surface area contributed by atoms with Gasteiger partial charge in [-0.05, 0) is 67.8 Å². The number of aliphatic hydroxyl groups is 1. The van der Waals surface area contributed by atoms with Crippen LogP contribution in [0.1, 0.15) is 61.1 Å². The van der Waals surface area contributed by atoms with E-state index in [1.807, 2.05) is 12.1 Å². The highest BCUT2D eigenvalue weighted by atomic mass is 16.3. The minimum Gasteiger partial charge on any atom is -0.392 e. The summed E-state index contributed by atoms with van der Waals surface area (Å²) in [6.07, 6.45) is 5.58. The maximum atomic E-state index is 11.3. The first-order valence-corrected chi connectivity index (χ1v) is 12.6. The van der Waals surface area contributed by atoms with Gasteiger partial charge in [0, 0.05) is 16.9 Å². The molecule has 0 radical (unpaired) electrons. The second kappa shape index (κ2) is 8.73. The normalized spacial score (nSPS) is 26.7. The van der Waals surface area contributed by atoms with Crippen molar-refractivity contribution in [1.29, 1.82) is 0 Å². The molecule has 3 aliphatic carbocycles. The van der Waals surface area contributed by atoms with Crippen LogP contribution in [0, 0.1) is 0 Å². The van der Waals surface area contributed by atoms with E-state index in [-0.39, 0.29) is 23.0 Å². The molecule has 7 heteroatoms. The lowest BCUT2D eigenvalue weighted by Gasteiger charge is -2.57. The second-order valence-corrected chi connectivity index (χ2v) is 10.3. The molecule has 2 heterocycles. The van der Waals surface area contributed by atoms with Crippen molar-refractivity contribution in [2.24, 2.45) is 0 Å². The highest BCUT2D eigenvalue weighted by Gasteiger charge is 2.54. The lowest BCUT2D eigenvalue weighted by atomic mass is 9.53. The van der Waals surface area contributed by atoms with E-state index in [1.165, 1.54) is 11.1 Å². The summed E-state index contributed by atoms with van der Waals surface area (Å²) in [7, 11) is 0. The first kappa shape index (κ1) is 22.2. The molecule has 4 aromatic rings. The predicted octanol–water partition coefficient (Wildman–Crippen LogP) is 4.06. The topological polar surface area (TPSA) is 113 Å². The Morgan fingerprint density at radius 2 is 1.71 bits per heavy atom. The first-order chi connectivity index (χ1) is 17.1. The van der Waals surface area contributed by atoms with Crippen LogP contribution in [0.2, 0.25) is 0 Å². The van der Waals surface area contributed by atoms with Crippen LogP contribution in [0.5, 0.6) is 0 Å². The van der Waals surface area contributed by atoms with Gasteiger partial charge in [-0.2, -0.15) is 10.3 Å². The second-order valence-electron chi connectivity index (χ2n) is 10.3. The molecule has 0 aliphatic heterocycles. The van der Waals surface area contributed by atoms with Crippen LogP contribution in [0.3, 0.4) is 0 Å². The number of nitrogens with two attached hydrogens (primary N) is 1. The molecule has 1 unspecified atom stereocenters. The highest BCUT2D eigenvalue weighted by Crippen LogP contribution is 2.53. The zero-order valence-electron chi connectivity index (χ0n) is 19.8. The zero-order chi connectivity index (χ0) is 23.9. The number of benzene rings is 2. The van der Waals surface area contributed by atoms with Crippen LogP contribution in [-0.2, 0) is 5.41 Å². The Morgan fingerprint density at radius 1 is 1.00 bits per heavy atom. The molecule has 0 spiro atoms. The number of nitrogens with zero attached hydrogens (tertiary/aromatic N) is 3. The third-order valence-electron chi connectivity index (χ3n) is 8.52. The third-order valence-corrected chi connectivity index (χ3v) is 8.52. The monoisotopic (exact) mass is 468 g/mol. The average molecular weight is 469 g/mol. The molecule has 0 saturated heterocycles. The minimum absolute atomic E-state index is 0.00231. The summed E-state index contributed by atoms with van der Waals surface area (Å²) < 4.78 is 0. The molecule has 0 amide bonds. The van der Waals surface area contributed by atoms with Crippen LogP contribution < -0.4 is 11.1 Å². The molecule has 2 aromatic heterocycles. The van der Waals surface area contributed by atoms with Crippen molar-refractivity contribution >= 4 is 17.0 Å². The first-order valence-electron chi connectivity index (χ1n) is 12.6. The van der Waals surface area contributed by atoms with Crippen molar-refractivity contribution in [2.45, 2.75) is 61.5 Å². The van der Waals surface area contributed by atoms with E-state index in [0.29, 0.717) is 11.5 Å². The molecule has 5 N–H and O–H groups in total. The van der Waals surface area contributed by atoms with Crippen molar-refractivity contribution < 1.29 is 5.11 Å². The van der Waals surface area contributed by atoms with E-state index in [0.717, 1.165) is 56.1 Å². The highest BCUT2D eigenvalue weighted by molar-refractivity contribution is 5.77. The van der Waals surface area contributed by atoms with Gasteiger partial charge >= 0.3 is 0 Å². The number of aromatic nitrogens is 4. The molecule has 3 aliphatic rings. The molecular weight excluding hydrogens is 436 g/mol. The number of aromatic amines is 1. The quantitative estimate of drug-likeness (QED) is 0.325. The summed E-state index contributed by atoms with van der Waals surface area (Å²) >= 11 is 0. The Morgan fingerprint density at radius 3 is 2.43 bits per heavy atom. The van der Waals surface area contributed by atoms with Gasteiger partial charge in [-0.3, -0.25) is 0 Å². The van der Waals surface area contributed by atoms with Crippen molar-refractivity contribution in [3.8, 4) is 0 Å². The largest absolute Gasteiger partial charge is 0.392 e. The number of nitrogen functional groups attached to an aromatic ring is 1. The number of hydrogen-bond donors (Lipinski definition) is 4. The van der Waals surface area contributed by atoms with Crippen molar-refractivity contribution in [1.82, 2.24) is 25.7 Å². The summed E-state index contributed by atoms with van der Waals surface area (Å²) in [6.45, 7) is 0.839. The predicted molar refractivity (Wildman–Crippen MR) is 137 cm³/mol. The van der Waals surface area contributed by atoms with Crippen molar-refractivity contribution in [3.05, 3.63) is 83.4 Å². The molecule has 7 rings (SSSR count). The fourth-order valence-electron chi connectivity index (χ4n) is 6.59. The SMILES string of the molecule is Nc1cc([C@H](CCNC23CCC(c4ccccc4)(CC2)C(O)C3)c2ccccc2)c2n[nH]nc2n1. The minimum atomic E-state index is -0.320. The third kappa shape index (κ3) is 3.89. The van der Waals surface area contributed by atoms with E-state index < -0.39 is 0 Å². The molecule has 7 nitrogen and oxygen atoms in total. The summed E-state index contributed by atoms with van der Waals surface area (Å²) in [5.74, 6) is 0.562. The van der Waals surface area contributed by atoms with Crippen molar-refractivity contribution in [2.75, 3.05) is 12.3 Å². The van der Waals surface area contributed by atoms with Crippen molar-refractivity contribution in [3.63, 3.8) is 0 Å². The number of aliphatic hydroxyl groups excluding tert-OH is 1. The molecule has 3 saturated carbocycles. The molecule has 35 heavy (non-hydrogen) atoms. The average Bonchev–Trinajstić information content (AvgIpc) is 3.36. The van der Waals surface area contributed by atoms with Gasteiger partial charge in [0.05, 0.1) is 6.10 Å². The smallest absolute Gasteiger partial charge is 0.203 e. The Labute approximate surface area is 205 Å². The summed E-state index contributed by atoms with van der Waals surface area (Å²) in [5.41, 5.74) is 10.9. The molecule has 180 valence electrons. The zero-order valence-corrected chi connectivity index (χ0v) is 19.8. The fourth-order valence-corrected chi connectivity index (χ4v) is 6.59. The fraction of sp³-hybridized carbons (Fsp3) is 0.393. The number of hydrogen-bond acceptors (Lipinski definition) is 6. The number of anilines is 1. The maximum Gasteiger partial charge on any atom is 0.203 e. The van der Waals surface area contributed by atoms with Gasteiger partial charge in [0.1, 0.15) is 11.3 Å². The van der Waals surface area contributed by atoms with E-state index in [4.69, 9.17) is 5.73 Å². The lowest BCUT2D eigenvalue weighted by molar-refractivity contribution is -0.0496. The van der Waals surface area contributed by atoms with Gasteiger partial charge in [-0.15, -0.1) is 5.10 Å². The van der Waals surface area contributed by atoms with Crippen LogP contribution in [-0.4, -0.2) is 43.7 Å². The molecule has 3 fully saturated rings. The van der Waals surface area contributed by atoms with Gasteiger partial charge in [-0.25, -0.2) is 4.98 Å². The Kier molecular flexibility index (Phi) is 5.54. The van der Waals surface area contributed by atoms with Gasteiger partial charge in [0.25, 0.3) is 0 Å². The molecule has 2 atom stereocenters. The molecule has 2 bridgehead atoms. The number of H-pyrrole nitrogens is 1. The number of rotatable bonds is 7. The standard InChI is InChI=1S/C28H32N6O/c29-24-17-22(25-26(31-24)33-34-32-25)21(19-7-3-1-4-8-19)11-16-30-27-12-14-28(15-13-27,23(35)18-27)20-9-5-2-6-10-20/h1-10,17,21,23,30,35H,11-16,18H2,(H3,29,31,32,33,34)/t21-,23?,27?,28?/m1/s1. The van der Waals surface area contributed by atoms with Gasteiger partial charge < -0.3 is 16.2 Å². The van der Waals surface area contributed by atoms with E-state index in [1.54, 1.807) is 0 Å². The van der Waals surface area contributed by atoms with Gasteiger partial charge in [-0.1, -0.05) is 60.7 Å². The van der Waals surface area contributed by atoms with Gasteiger partial charge in [0.2, 0.25) is 5.65 Å². The molecular formula is C28H32N6O. The summed E-state index contributed by atoms with van der Waals surface area (Å²) in [5, 5.41) is 26.4. The Hall–Kier alpha value is -3.29. The van der Waals surface area contributed by atoms with E-state index in [9.17, 15) is 5.11 Å². The van der Waals surface area contributed by atoms with Crippen LogP contribution in [0.25, 0.3) is 11.2 Å². The van der Waals surface area contributed by atoms with Crippen LogP contribution >= 0.6 is 0 Å². The Bertz CT molecular complexity index is 1300. The Balaban J connectivity index is 1.21. The number of nitrogens with one attached hydrogen (secondary N) is 2.